The van der Waals surface area contributed by atoms with E-state index in [0.29, 0.717) is 0 Å². The van der Waals surface area contributed by atoms with Crippen LogP contribution in [0.25, 0.3) is 0 Å². The second-order valence-electron chi connectivity index (χ2n) is 19.1. The molecule has 0 aromatic carbocycles. The van der Waals surface area contributed by atoms with E-state index in [4.69, 9.17) is 73.9 Å². The molecule has 0 amide bonds. The van der Waals surface area contributed by atoms with Crippen LogP contribution in [0.5, 0.6) is 0 Å². The van der Waals surface area contributed by atoms with Crippen molar-refractivity contribution in [2.45, 2.75) is 198 Å². The molecule has 3 fully saturated rings. The van der Waals surface area contributed by atoms with Gasteiger partial charge in [0.25, 0.3) is 5.79 Å². The van der Waals surface area contributed by atoms with Crippen molar-refractivity contribution in [3.05, 3.63) is 12.7 Å². The quantitative estimate of drug-likeness (QED) is 0.0256. The van der Waals surface area contributed by atoms with Crippen LogP contribution in [-0.2, 0) is 107 Å². The molecule has 0 aromatic heterocycles. The molecule has 0 spiro atoms. The van der Waals surface area contributed by atoms with Crippen LogP contribution in [0.15, 0.2) is 12.7 Å². The summed E-state index contributed by atoms with van der Waals surface area (Å²) in [6.45, 7) is 22.1. The number of phosphoric ester groups is 1. The molecule has 3 aliphatic rings. The minimum Gasteiger partial charge on any atom is -0.465 e. The Bertz CT molecular complexity index is 2080. The highest BCUT2D eigenvalue weighted by atomic mass is 31.2. The first kappa shape index (κ1) is 65.1. The highest BCUT2D eigenvalue weighted by molar-refractivity contribution is 7.48. The molecule has 424 valence electrons. The predicted octanol–water partition coefficient (Wildman–Crippen LogP) is 5.56. The SMILES string of the molecule is C=CCO[C@]1(C(=O)OC)C[C@@H](OP(=O)(OCCC#N)OCCC#N)[C@@H](O[C@H]2O[C@H]([C@H](COC(C)=O)OC(C)=O)[C@@H](OC(C)=O)[C@H](OC(C)=O)[C@@H]2OC(C)=O)[C@@H]([C@H]2CO[Si](C(C)C)(C(C)C)O[Si](C(C)C)(C(C)C)O2)O1. The molecule has 11 atom stereocenters. The van der Waals surface area contributed by atoms with Gasteiger partial charge in [-0.15, -0.1) is 6.58 Å². The van der Waals surface area contributed by atoms with Crippen molar-refractivity contribution < 1.29 is 107 Å². The number of hydrogen-bond acceptors (Lipinski definition) is 25. The standard InChI is InChI=1S/C47H75N2O23PSi2/c1-16-21-59-47(46(55)57-15)24-36(70-73(56,60-22-17-19-48)61-23-18-20-49)39(41(69-47)38-26-62-74(27(2)3,28(4)5)72-75(71-38,29(6)7)30(8)9)67-45-44(66-35(14)54)43(65-34(13)53)42(64-33(12)52)40(68-45)37(63-32(11)51)25-58-31(10)50/h16,27-30,36-45H,1,17-18,21-26H2,2-15H3/t36-,37+,38-,39-,40-,41-,42-,43+,44+,45+,47-/m1/s1. The van der Waals surface area contributed by atoms with Gasteiger partial charge in [0.1, 0.15) is 31.0 Å². The fourth-order valence-corrected chi connectivity index (χ4v) is 21.6. The highest BCUT2D eigenvalue weighted by Gasteiger charge is 2.65. The average Bonchev–Trinajstić information content (AvgIpc) is 3.51. The smallest absolute Gasteiger partial charge is 0.465 e. The molecule has 75 heavy (non-hydrogen) atoms. The molecule has 0 bridgehead atoms. The van der Waals surface area contributed by atoms with E-state index in [0.717, 1.165) is 41.7 Å². The van der Waals surface area contributed by atoms with Gasteiger partial charge >= 0.3 is 60.8 Å². The molecular formula is C47H75N2O23PSi2. The van der Waals surface area contributed by atoms with Crippen molar-refractivity contribution in [3.8, 4) is 12.1 Å². The number of methoxy groups -OCH3 is 1. The van der Waals surface area contributed by atoms with Gasteiger partial charge in [-0.2, -0.15) is 10.5 Å². The Morgan fingerprint density at radius 3 is 1.76 bits per heavy atom. The maximum Gasteiger partial charge on any atom is 0.475 e. The Kier molecular flexibility index (Phi) is 25.1. The summed E-state index contributed by atoms with van der Waals surface area (Å²) < 4.78 is 114. The van der Waals surface area contributed by atoms with Crippen LogP contribution < -0.4 is 0 Å². The van der Waals surface area contributed by atoms with E-state index in [9.17, 15) is 43.9 Å². The van der Waals surface area contributed by atoms with Crippen molar-refractivity contribution in [1.82, 2.24) is 0 Å². The number of ether oxygens (including phenoxy) is 10. The zero-order chi connectivity index (χ0) is 56.6. The highest BCUT2D eigenvalue weighted by Crippen LogP contribution is 2.55. The van der Waals surface area contributed by atoms with Gasteiger partial charge in [-0.1, -0.05) is 61.5 Å². The Hall–Kier alpha value is -4.20. The minimum absolute atomic E-state index is 0.163. The summed E-state index contributed by atoms with van der Waals surface area (Å²) in [5.74, 6) is -8.40. The van der Waals surface area contributed by atoms with Crippen molar-refractivity contribution in [3.63, 3.8) is 0 Å². The van der Waals surface area contributed by atoms with E-state index in [1.165, 1.54) is 6.08 Å². The molecule has 0 radical (unpaired) electrons. The van der Waals surface area contributed by atoms with Gasteiger partial charge < -0.3 is 60.3 Å². The summed E-state index contributed by atoms with van der Waals surface area (Å²) in [4.78, 5) is 78.4. The fraction of sp³-hybridized carbons (Fsp3) is 0.787. The molecule has 0 saturated carbocycles. The normalized spacial score (nSPS) is 28.0. The third-order valence-electron chi connectivity index (χ3n) is 12.2. The van der Waals surface area contributed by atoms with Gasteiger partial charge in [0.2, 0.25) is 0 Å². The number of esters is 6. The van der Waals surface area contributed by atoms with Gasteiger partial charge in [0.05, 0.1) is 64.6 Å². The molecule has 3 aliphatic heterocycles. The Morgan fingerprint density at radius 2 is 1.29 bits per heavy atom. The second-order valence-corrected chi connectivity index (χ2v) is 29.5. The molecule has 3 heterocycles. The van der Waals surface area contributed by atoms with Crippen molar-refractivity contribution in [2.24, 2.45) is 0 Å². The lowest BCUT2D eigenvalue weighted by atomic mass is 9.91. The molecule has 3 saturated heterocycles. The van der Waals surface area contributed by atoms with E-state index in [2.05, 4.69) is 6.58 Å². The molecule has 0 aliphatic carbocycles. The van der Waals surface area contributed by atoms with Crippen LogP contribution in [0.1, 0.15) is 109 Å². The lowest BCUT2D eigenvalue weighted by molar-refractivity contribution is -0.367. The number of carbonyl (C=O) groups is 6. The van der Waals surface area contributed by atoms with E-state index in [1.807, 2.05) is 67.5 Å². The first-order valence-electron chi connectivity index (χ1n) is 24.6. The lowest BCUT2D eigenvalue weighted by Gasteiger charge is -2.51. The number of nitrogens with zero attached hydrogens (tertiary/aromatic N) is 2. The van der Waals surface area contributed by atoms with Crippen LogP contribution in [-0.4, -0.2) is 160 Å². The van der Waals surface area contributed by atoms with Gasteiger partial charge in [-0.25, -0.2) is 9.36 Å². The van der Waals surface area contributed by atoms with Crippen LogP contribution in [0.4, 0.5) is 0 Å². The topological polar surface area (TPSA) is 315 Å². The van der Waals surface area contributed by atoms with E-state index in [-0.39, 0.29) is 48.2 Å². The summed E-state index contributed by atoms with van der Waals surface area (Å²) in [5.41, 5.74) is -0.909. The van der Waals surface area contributed by atoms with Gasteiger partial charge in [-0.05, 0) is 22.2 Å². The molecule has 0 aromatic rings. The van der Waals surface area contributed by atoms with Gasteiger partial charge in [0.15, 0.2) is 30.7 Å². The van der Waals surface area contributed by atoms with Crippen LogP contribution in [0, 0.1) is 22.7 Å². The number of phosphoric acid groups is 1. The van der Waals surface area contributed by atoms with Crippen molar-refractivity contribution >= 4 is 60.8 Å². The zero-order valence-corrected chi connectivity index (χ0v) is 48.1. The van der Waals surface area contributed by atoms with Crippen molar-refractivity contribution in [2.75, 3.05) is 40.1 Å². The number of nitriles is 2. The largest absolute Gasteiger partial charge is 0.475 e. The maximum absolute atomic E-state index is 15.0. The Morgan fingerprint density at radius 1 is 0.760 bits per heavy atom. The minimum atomic E-state index is -5.00. The maximum atomic E-state index is 15.0. The summed E-state index contributed by atoms with van der Waals surface area (Å²) in [7, 11) is -10.9. The summed E-state index contributed by atoms with van der Waals surface area (Å²) >= 11 is 0. The molecule has 3 rings (SSSR count). The third-order valence-corrected chi connectivity index (χ3v) is 24.0. The lowest BCUT2D eigenvalue weighted by Crippen LogP contribution is -2.69. The first-order valence-corrected chi connectivity index (χ1v) is 30.0. The molecular weight excluding hydrogens is 1050 g/mol. The first-order chi connectivity index (χ1) is 35.1. The molecule has 0 unspecified atom stereocenters. The summed E-state index contributed by atoms with van der Waals surface area (Å²) in [6.07, 6.45) is -18.0. The average molecular weight is 1120 g/mol. The second kappa shape index (κ2) is 29.0. The Balaban J connectivity index is 2.62. The van der Waals surface area contributed by atoms with Crippen LogP contribution in [0.2, 0.25) is 22.2 Å². The van der Waals surface area contributed by atoms with Crippen LogP contribution >= 0.6 is 7.82 Å². The number of hydrogen-bond donors (Lipinski definition) is 0. The Labute approximate surface area is 440 Å². The fourth-order valence-electron chi connectivity index (χ4n) is 9.11. The van der Waals surface area contributed by atoms with Crippen LogP contribution in [0.3, 0.4) is 0 Å². The number of rotatable bonds is 26. The molecule has 25 nitrogen and oxygen atoms in total. The van der Waals surface area contributed by atoms with Gasteiger partial charge in [-0.3, -0.25) is 37.5 Å². The van der Waals surface area contributed by atoms with E-state index < -0.39 is 154 Å². The summed E-state index contributed by atoms with van der Waals surface area (Å²) in [6, 6.07) is 3.73. The zero-order valence-electron chi connectivity index (χ0n) is 45.3. The third kappa shape index (κ3) is 16.9. The summed E-state index contributed by atoms with van der Waals surface area (Å²) in [5, 5.41) is 18.9. The molecule has 28 heteroatoms. The van der Waals surface area contributed by atoms with Gasteiger partial charge in [0, 0.05) is 41.0 Å². The monoisotopic (exact) mass is 1120 g/mol. The van der Waals surface area contributed by atoms with E-state index in [1.54, 1.807) is 0 Å². The number of carbonyl (C=O) groups excluding carboxylic acids is 6. The predicted molar refractivity (Wildman–Crippen MR) is 261 cm³/mol. The molecule has 0 N–H and O–H groups in total. The van der Waals surface area contributed by atoms with E-state index >= 15 is 0 Å². The van der Waals surface area contributed by atoms with Crippen molar-refractivity contribution in [1.29, 1.82) is 10.5 Å².